The van der Waals surface area contributed by atoms with Crippen LogP contribution in [0.5, 0.6) is 5.75 Å². The minimum Gasteiger partial charge on any atom is -0.483 e. The molecular weight excluding hydrogens is 409 g/mol. The number of carbonyl (C=O) groups is 1. The van der Waals surface area contributed by atoms with Crippen molar-refractivity contribution < 1.29 is 27.8 Å². The summed E-state index contributed by atoms with van der Waals surface area (Å²) in [5.74, 6) is -0.574. The van der Waals surface area contributed by atoms with Gasteiger partial charge in [-0.2, -0.15) is 23.3 Å². The van der Waals surface area contributed by atoms with Crippen LogP contribution in [-0.4, -0.2) is 40.2 Å². The average Bonchev–Trinajstić information content (AvgIpc) is 3.05. The molecule has 1 aliphatic heterocycles. The van der Waals surface area contributed by atoms with E-state index in [1.807, 2.05) is 39.8 Å². The van der Waals surface area contributed by atoms with Gasteiger partial charge in [-0.3, -0.25) is 4.79 Å². The number of hydrazone groups is 1. The highest BCUT2D eigenvalue weighted by atomic mass is 19.4. The minimum atomic E-state index is -5.09. The highest BCUT2D eigenvalue weighted by Crippen LogP contribution is 2.41. The fourth-order valence-corrected chi connectivity index (χ4v) is 3.38. The number of halogens is 3. The molecule has 0 aliphatic carbocycles. The smallest absolute Gasteiger partial charge is 0.438 e. The number of hydrogen-bond acceptors (Lipinski definition) is 4. The molecule has 0 saturated carbocycles. The van der Waals surface area contributed by atoms with Crippen LogP contribution in [0.4, 0.5) is 13.2 Å². The zero-order valence-corrected chi connectivity index (χ0v) is 17.8. The molecule has 0 unspecified atom stereocenters. The Hall–Kier alpha value is -2.87. The van der Waals surface area contributed by atoms with E-state index in [0.717, 1.165) is 16.7 Å². The van der Waals surface area contributed by atoms with Gasteiger partial charge < -0.3 is 9.84 Å². The molecule has 0 aromatic heterocycles. The first-order valence-corrected chi connectivity index (χ1v) is 9.92. The molecule has 2 aromatic carbocycles. The van der Waals surface area contributed by atoms with Gasteiger partial charge in [-0.15, -0.1) is 0 Å². The van der Waals surface area contributed by atoms with Crippen molar-refractivity contribution in [2.24, 2.45) is 5.10 Å². The molecule has 1 aliphatic rings. The van der Waals surface area contributed by atoms with Gasteiger partial charge in [0, 0.05) is 0 Å². The molecule has 5 nitrogen and oxygen atoms in total. The van der Waals surface area contributed by atoms with Crippen LogP contribution < -0.4 is 4.74 Å². The maximum atomic E-state index is 13.7. The first kappa shape index (κ1) is 22.8. The van der Waals surface area contributed by atoms with Gasteiger partial charge in [-0.25, -0.2) is 0 Å². The topological polar surface area (TPSA) is 62.1 Å². The molecule has 0 bridgehead atoms. The van der Waals surface area contributed by atoms with Crippen LogP contribution in [0.3, 0.4) is 0 Å². The molecular formula is C23H25F3N2O3. The Morgan fingerprint density at radius 3 is 2.35 bits per heavy atom. The molecule has 1 atom stereocenters. The molecule has 0 fully saturated rings. The molecule has 0 spiro atoms. The number of aliphatic hydroxyl groups is 1. The van der Waals surface area contributed by atoms with Crippen molar-refractivity contribution in [3.8, 4) is 5.75 Å². The lowest BCUT2D eigenvalue weighted by Crippen LogP contribution is -2.57. The lowest BCUT2D eigenvalue weighted by molar-refractivity contribution is -0.302. The summed E-state index contributed by atoms with van der Waals surface area (Å²) in [7, 11) is 0. The highest BCUT2D eigenvalue weighted by Gasteiger charge is 2.63. The van der Waals surface area contributed by atoms with E-state index in [1.165, 1.54) is 0 Å². The van der Waals surface area contributed by atoms with Crippen LogP contribution in [0, 0.1) is 13.8 Å². The monoisotopic (exact) mass is 434 g/mol. The Balaban J connectivity index is 1.88. The van der Waals surface area contributed by atoms with Gasteiger partial charge in [-0.05, 0) is 42.5 Å². The first-order chi connectivity index (χ1) is 14.4. The number of alkyl halides is 3. The van der Waals surface area contributed by atoms with Crippen LogP contribution in [0.2, 0.25) is 0 Å². The molecule has 2 aromatic rings. The third-order valence-electron chi connectivity index (χ3n) is 5.20. The van der Waals surface area contributed by atoms with E-state index in [1.54, 1.807) is 30.3 Å². The second-order valence-corrected chi connectivity index (χ2v) is 8.09. The van der Waals surface area contributed by atoms with E-state index in [9.17, 15) is 23.1 Å². The van der Waals surface area contributed by atoms with Crippen molar-refractivity contribution in [1.29, 1.82) is 0 Å². The van der Waals surface area contributed by atoms with Crippen LogP contribution in [0.25, 0.3) is 0 Å². The Kier molecular flexibility index (Phi) is 6.14. The lowest BCUT2D eigenvalue weighted by atomic mass is 10.00. The van der Waals surface area contributed by atoms with Crippen LogP contribution in [0.1, 0.15) is 48.4 Å². The van der Waals surface area contributed by atoms with Crippen molar-refractivity contribution in [2.75, 3.05) is 6.61 Å². The standard InChI is InChI=1S/C23H25F3N2O3/c1-14(2)18-10-7-16(4)11-20(18)31-13-21(29)28-22(30,23(24,25)26)12-19(27-28)17-8-5-15(3)6-9-17/h5-11,14,30H,12-13H2,1-4H3/t22-/m0/s1. The first-order valence-electron chi connectivity index (χ1n) is 9.92. The van der Waals surface area contributed by atoms with E-state index in [2.05, 4.69) is 5.10 Å². The summed E-state index contributed by atoms with van der Waals surface area (Å²) in [4.78, 5) is 12.7. The van der Waals surface area contributed by atoms with E-state index >= 15 is 0 Å². The number of rotatable bonds is 5. The van der Waals surface area contributed by atoms with Gasteiger partial charge in [0.25, 0.3) is 11.6 Å². The Morgan fingerprint density at radius 1 is 1.16 bits per heavy atom. The lowest BCUT2D eigenvalue weighted by Gasteiger charge is -2.32. The fourth-order valence-electron chi connectivity index (χ4n) is 3.38. The summed E-state index contributed by atoms with van der Waals surface area (Å²) >= 11 is 0. The largest absolute Gasteiger partial charge is 0.483 e. The predicted molar refractivity (Wildman–Crippen MR) is 111 cm³/mol. The van der Waals surface area contributed by atoms with Crippen molar-refractivity contribution in [1.82, 2.24) is 5.01 Å². The normalized spacial score (nSPS) is 19.0. The number of benzene rings is 2. The zero-order valence-electron chi connectivity index (χ0n) is 17.8. The molecule has 166 valence electrons. The number of ether oxygens (including phenoxy) is 1. The summed E-state index contributed by atoms with van der Waals surface area (Å²) in [6.45, 7) is 6.89. The molecule has 3 rings (SSSR count). The van der Waals surface area contributed by atoms with E-state index in [-0.39, 0.29) is 16.6 Å². The van der Waals surface area contributed by atoms with Gasteiger partial charge in [0.2, 0.25) is 0 Å². The summed E-state index contributed by atoms with van der Waals surface area (Å²) < 4.78 is 46.8. The van der Waals surface area contributed by atoms with Crippen LogP contribution in [0.15, 0.2) is 47.6 Å². The molecule has 8 heteroatoms. The van der Waals surface area contributed by atoms with Gasteiger partial charge in [0.05, 0.1) is 12.1 Å². The van der Waals surface area contributed by atoms with Crippen molar-refractivity contribution in [3.05, 3.63) is 64.7 Å². The number of carbonyl (C=O) groups excluding carboxylic acids is 1. The summed E-state index contributed by atoms with van der Waals surface area (Å²) in [6, 6.07) is 12.1. The number of nitrogens with zero attached hydrogens (tertiary/aromatic N) is 2. The third-order valence-corrected chi connectivity index (χ3v) is 5.20. The quantitative estimate of drug-likeness (QED) is 0.743. The van der Waals surface area contributed by atoms with Gasteiger partial charge in [0.1, 0.15) is 5.75 Å². The third kappa shape index (κ3) is 4.58. The van der Waals surface area contributed by atoms with Gasteiger partial charge >= 0.3 is 6.18 Å². The highest BCUT2D eigenvalue weighted by molar-refractivity contribution is 6.03. The Bertz CT molecular complexity index is 1000. The molecule has 1 heterocycles. The molecule has 31 heavy (non-hydrogen) atoms. The maximum absolute atomic E-state index is 13.7. The van der Waals surface area contributed by atoms with Gasteiger partial charge in [-0.1, -0.05) is 55.8 Å². The van der Waals surface area contributed by atoms with Crippen molar-refractivity contribution >= 4 is 11.6 Å². The van der Waals surface area contributed by atoms with Crippen molar-refractivity contribution in [3.63, 3.8) is 0 Å². The van der Waals surface area contributed by atoms with Crippen LogP contribution in [-0.2, 0) is 4.79 Å². The summed E-state index contributed by atoms with van der Waals surface area (Å²) in [5, 5.41) is 14.4. The second kappa shape index (κ2) is 8.34. The van der Waals surface area contributed by atoms with Crippen molar-refractivity contribution in [2.45, 2.75) is 51.9 Å². The van der Waals surface area contributed by atoms with E-state index < -0.39 is 30.8 Å². The van der Waals surface area contributed by atoms with E-state index in [0.29, 0.717) is 11.3 Å². The molecule has 1 amide bonds. The minimum absolute atomic E-state index is 0.0217. The Morgan fingerprint density at radius 2 is 1.77 bits per heavy atom. The average molecular weight is 434 g/mol. The maximum Gasteiger partial charge on any atom is 0.438 e. The fraction of sp³-hybridized carbons (Fsp3) is 0.391. The number of aryl methyl sites for hydroxylation is 2. The second-order valence-electron chi connectivity index (χ2n) is 8.09. The zero-order chi connectivity index (χ0) is 23.0. The molecule has 0 radical (unpaired) electrons. The molecule has 0 saturated heterocycles. The molecule has 1 N–H and O–H groups in total. The van der Waals surface area contributed by atoms with E-state index in [4.69, 9.17) is 4.74 Å². The van der Waals surface area contributed by atoms with Gasteiger partial charge in [0.15, 0.2) is 6.61 Å². The number of amides is 1. The summed E-state index contributed by atoms with van der Waals surface area (Å²) in [5.41, 5.74) is -0.402. The number of hydrogen-bond donors (Lipinski definition) is 1. The SMILES string of the molecule is Cc1ccc(C2=NN(C(=O)COc3cc(C)ccc3C(C)C)[C@@](O)(C(F)(F)F)C2)cc1. The summed E-state index contributed by atoms with van der Waals surface area (Å²) in [6.07, 6.45) is -5.95. The predicted octanol–water partition coefficient (Wildman–Crippen LogP) is 4.69. The van der Waals surface area contributed by atoms with Crippen LogP contribution >= 0.6 is 0 Å². The Labute approximate surface area is 179 Å².